The van der Waals surface area contributed by atoms with Crippen molar-refractivity contribution in [2.45, 2.75) is 58.2 Å². The summed E-state index contributed by atoms with van der Waals surface area (Å²) in [5.41, 5.74) is 4.34. The first-order valence-corrected chi connectivity index (χ1v) is 12.0. The topological polar surface area (TPSA) is 178 Å². The minimum absolute atomic E-state index is 0. The molecule has 16 heteroatoms. The van der Waals surface area contributed by atoms with Crippen molar-refractivity contribution in [3.05, 3.63) is 11.6 Å². The predicted molar refractivity (Wildman–Crippen MR) is 113 cm³/mol. The molecule has 0 aliphatic carbocycles. The summed E-state index contributed by atoms with van der Waals surface area (Å²) in [7, 11) is -5.18. The molecule has 3 atom stereocenters. The maximum atomic E-state index is 12.8. The maximum absolute atomic E-state index is 12.8. The molecule has 3 aliphatic rings. The first-order valence-electron chi connectivity index (χ1n) is 10.7. The molecule has 0 aromatic heterocycles. The summed E-state index contributed by atoms with van der Waals surface area (Å²) in [6.07, 6.45) is 2.01. The first kappa shape index (κ1) is 29.3. The van der Waals surface area contributed by atoms with E-state index in [-0.39, 0.29) is 42.6 Å². The second-order valence-corrected chi connectivity index (χ2v) is 10.3. The number of hydrogen-bond donors (Lipinski definition) is 2. The number of carbonyl (C=O) groups excluding carboxylic acids is 4. The smallest absolute Gasteiger partial charge is 0.724 e. The summed E-state index contributed by atoms with van der Waals surface area (Å²) in [4.78, 5) is 52.6. The van der Waals surface area contributed by atoms with Crippen LogP contribution in [0.15, 0.2) is 11.6 Å². The number of urea groups is 1. The van der Waals surface area contributed by atoms with Crippen LogP contribution < -0.4 is 40.4 Å². The molecule has 0 spiro atoms. The number of piperidine rings is 1. The van der Waals surface area contributed by atoms with E-state index in [2.05, 4.69) is 15.1 Å². The summed E-state index contributed by atoms with van der Waals surface area (Å²) in [6.45, 7) is 7.28. The van der Waals surface area contributed by atoms with Crippen molar-refractivity contribution in [2.24, 2.45) is 5.92 Å². The Morgan fingerprint density at radius 3 is 2.37 bits per heavy atom. The number of fused-ring (bicyclic) bond motifs is 2. The van der Waals surface area contributed by atoms with Crippen LogP contribution in [0.1, 0.15) is 40.5 Å². The molecule has 0 radical (unpaired) electrons. The molecule has 0 aromatic rings. The quantitative estimate of drug-likeness (QED) is 0.125. The zero-order chi connectivity index (χ0) is 25.4. The van der Waals surface area contributed by atoms with Gasteiger partial charge < -0.3 is 19.1 Å². The Labute approximate surface area is 225 Å². The van der Waals surface area contributed by atoms with Gasteiger partial charge in [-0.25, -0.2) is 18.0 Å². The Hall–Kier alpha value is -1.91. The number of hydroxylamine groups is 2. The van der Waals surface area contributed by atoms with Gasteiger partial charge in [-0.2, -0.15) is 9.35 Å². The zero-order valence-corrected chi connectivity index (χ0v) is 23.1. The molecule has 35 heavy (non-hydrogen) atoms. The predicted octanol–water partition coefficient (Wildman–Crippen LogP) is -3.39. The monoisotopic (exact) mass is 525 g/mol. The Morgan fingerprint density at radius 2 is 1.77 bits per heavy atom. The van der Waals surface area contributed by atoms with Gasteiger partial charge in [0.05, 0.1) is 18.5 Å². The van der Waals surface area contributed by atoms with Crippen molar-refractivity contribution in [3.63, 3.8) is 0 Å². The van der Waals surface area contributed by atoms with Crippen molar-refractivity contribution >= 4 is 34.3 Å². The molecule has 0 unspecified atom stereocenters. The number of likely N-dealkylation sites (tertiary alicyclic amines) is 1. The molecule has 5 amide bonds. The van der Waals surface area contributed by atoms with Gasteiger partial charge in [0.1, 0.15) is 11.6 Å². The number of ether oxygens (including phenoxy) is 1. The summed E-state index contributed by atoms with van der Waals surface area (Å²) in [6, 6.07) is -2.96. The number of amides is 5. The van der Waals surface area contributed by atoms with Gasteiger partial charge in [-0.15, -0.1) is 0 Å². The van der Waals surface area contributed by atoms with Crippen LogP contribution in [0.5, 0.6) is 0 Å². The molecule has 3 aliphatic heterocycles. The van der Waals surface area contributed by atoms with Gasteiger partial charge >= 0.3 is 41.7 Å². The first-order chi connectivity index (χ1) is 15.7. The van der Waals surface area contributed by atoms with Gasteiger partial charge in [-0.3, -0.25) is 20.4 Å². The average molecular weight is 526 g/mol. The van der Waals surface area contributed by atoms with Crippen LogP contribution >= 0.6 is 0 Å². The molecule has 190 valence electrons. The summed E-state index contributed by atoms with van der Waals surface area (Å²) < 4.78 is 42.3. The SMILES string of the molecule is CC1=C[C@@H]2CN(C(=O)N2OS(=O)(=O)[O-])[C@@H]1C(=O)NNC(=O)[C@@H]1CCCN(C(=O)OC(C)(C)C)C1.[Na+]. The maximum Gasteiger partial charge on any atom is 1.00 e. The van der Waals surface area contributed by atoms with E-state index < -0.39 is 57.9 Å². The molecule has 2 fully saturated rings. The second-order valence-electron chi connectivity index (χ2n) is 9.37. The van der Waals surface area contributed by atoms with Gasteiger partial charge in [0.25, 0.3) is 5.91 Å². The molecule has 3 heterocycles. The van der Waals surface area contributed by atoms with E-state index in [4.69, 9.17) is 4.74 Å². The molecular formula is C19H28N5NaO9S. The summed E-state index contributed by atoms with van der Waals surface area (Å²) >= 11 is 0. The van der Waals surface area contributed by atoms with Crippen LogP contribution in [0.4, 0.5) is 9.59 Å². The summed E-state index contributed by atoms with van der Waals surface area (Å²) in [5.74, 6) is -1.82. The minimum Gasteiger partial charge on any atom is -0.724 e. The van der Waals surface area contributed by atoms with Crippen LogP contribution in [0, 0.1) is 5.92 Å². The van der Waals surface area contributed by atoms with Crippen LogP contribution in [0.2, 0.25) is 0 Å². The fraction of sp³-hybridized carbons (Fsp3) is 0.684. The van der Waals surface area contributed by atoms with Crippen molar-refractivity contribution < 1.29 is 70.7 Å². The third-order valence-electron chi connectivity index (χ3n) is 5.49. The van der Waals surface area contributed by atoms with E-state index in [9.17, 15) is 32.1 Å². The number of rotatable bonds is 4. The number of hydrazine groups is 1. The fourth-order valence-corrected chi connectivity index (χ4v) is 4.48. The van der Waals surface area contributed by atoms with E-state index in [0.717, 1.165) is 4.90 Å². The third kappa shape index (κ3) is 7.30. The fourth-order valence-electron chi connectivity index (χ4n) is 4.11. The third-order valence-corrected chi connectivity index (χ3v) is 5.83. The van der Waals surface area contributed by atoms with Gasteiger partial charge in [0.15, 0.2) is 0 Å². The standard InChI is InChI=1S/C19H29N5O9S.Na/c1-11-8-13-10-23(17(27)24(13)33-34(29,30)31)14(11)16(26)21-20-15(25)12-6-5-7-22(9-12)18(28)32-19(2,3)4;/h8,12-14H,5-7,9-10H2,1-4H3,(H,20,25)(H,21,26)(H,29,30,31);/q;+1/p-1/t12-,13-,14+;/m1./s1. The zero-order valence-electron chi connectivity index (χ0n) is 20.3. The molecule has 2 N–H and O–H groups in total. The largest absolute Gasteiger partial charge is 1.00 e. The van der Waals surface area contributed by atoms with Gasteiger partial charge in [-0.1, -0.05) is 6.08 Å². The van der Waals surface area contributed by atoms with Gasteiger partial charge in [0.2, 0.25) is 16.3 Å². The van der Waals surface area contributed by atoms with E-state index in [0.29, 0.717) is 30.0 Å². The van der Waals surface area contributed by atoms with Crippen LogP contribution in [0.25, 0.3) is 0 Å². The van der Waals surface area contributed by atoms with Crippen LogP contribution in [-0.4, -0.2) is 89.1 Å². The summed E-state index contributed by atoms with van der Waals surface area (Å²) in [5, 5.41) is 0.408. The Morgan fingerprint density at radius 1 is 1.14 bits per heavy atom. The minimum atomic E-state index is -5.18. The van der Waals surface area contributed by atoms with Crippen LogP contribution in [-0.2, 0) is 29.0 Å². The van der Waals surface area contributed by atoms with E-state index in [1.807, 2.05) is 0 Å². The molecule has 0 saturated carbocycles. The van der Waals surface area contributed by atoms with E-state index in [1.165, 1.54) is 11.0 Å². The van der Waals surface area contributed by atoms with Gasteiger partial charge in [-0.05, 0) is 46.1 Å². The number of carbonyl (C=O) groups is 4. The van der Waals surface area contributed by atoms with E-state index >= 15 is 0 Å². The molecule has 2 saturated heterocycles. The van der Waals surface area contributed by atoms with Crippen LogP contribution in [0.3, 0.4) is 0 Å². The Balaban J connectivity index is 0.00000432. The molecule has 14 nitrogen and oxygen atoms in total. The van der Waals surface area contributed by atoms with Crippen molar-refractivity contribution in [1.82, 2.24) is 25.7 Å². The number of nitrogens with one attached hydrogen (secondary N) is 2. The number of hydrogen-bond acceptors (Lipinski definition) is 9. The number of nitrogens with zero attached hydrogens (tertiary/aromatic N) is 3. The van der Waals surface area contributed by atoms with Crippen molar-refractivity contribution in [1.29, 1.82) is 0 Å². The molecule has 2 bridgehead atoms. The Kier molecular flexibility index (Phi) is 9.22. The molecule has 3 rings (SSSR count). The Bertz CT molecular complexity index is 1010. The normalized spacial score (nSPS) is 24.4. The van der Waals surface area contributed by atoms with Gasteiger partial charge in [0, 0.05) is 13.1 Å². The molecular weight excluding hydrogens is 497 g/mol. The van der Waals surface area contributed by atoms with Crippen molar-refractivity contribution in [2.75, 3.05) is 19.6 Å². The van der Waals surface area contributed by atoms with E-state index in [1.54, 1.807) is 27.7 Å². The molecule has 0 aromatic carbocycles. The second kappa shape index (κ2) is 11.0. The average Bonchev–Trinajstić information content (AvgIpc) is 2.94. The van der Waals surface area contributed by atoms with Crippen molar-refractivity contribution in [3.8, 4) is 0 Å².